The van der Waals surface area contributed by atoms with Gasteiger partial charge in [-0.1, -0.05) is 23.2 Å². The average Bonchev–Trinajstić information content (AvgIpc) is 2.44. The Kier molecular flexibility index (Phi) is 2.13. The molecule has 0 radical (unpaired) electrons. The Morgan fingerprint density at radius 1 is 1.36 bits per heavy atom. The molecule has 1 aromatic carbocycles. The quantitative estimate of drug-likeness (QED) is 0.790. The van der Waals surface area contributed by atoms with E-state index in [9.17, 15) is 4.79 Å². The van der Waals surface area contributed by atoms with E-state index in [1.54, 1.807) is 18.2 Å². The minimum atomic E-state index is -1.08. The third kappa shape index (κ3) is 1.35. The number of aromatic nitrogens is 1. The summed E-state index contributed by atoms with van der Waals surface area (Å²) in [6, 6.07) is 4.99. The molecule has 5 heteroatoms. The Morgan fingerprint density at radius 2 is 2.07 bits per heavy atom. The van der Waals surface area contributed by atoms with Crippen molar-refractivity contribution in [3.05, 3.63) is 33.9 Å². The molecule has 0 fully saturated rings. The van der Waals surface area contributed by atoms with Crippen LogP contribution in [0, 0.1) is 0 Å². The van der Waals surface area contributed by atoms with Crippen LogP contribution in [0.25, 0.3) is 10.9 Å². The number of carbonyl (C=O) groups is 1. The first-order chi connectivity index (χ1) is 6.59. The summed E-state index contributed by atoms with van der Waals surface area (Å²) in [5, 5.41) is 10.1. The van der Waals surface area contributed by atoms with E-state index in [-0.39, 0.29) is 10.7 Å². The molecule has 3 nitrogen and oxygen atoms in total. The molecule has 0 amide bonds. The summed E-state index contributed by atoms with van der Waals surface area (Å²) in [4.78, 5) is 13.4. The Balaban J connectivity index is 2.80. The fourth-order valence-electron chi connectivity index (χ4n) is 1.28. The van der Waals surface area contributed by atoms with Crippen molar-refractivity contribution >= 4 is 40.1 Å². The van der Waals surface area contributed by atoms with Gasteiger partial charge in [-0.15, -0.1) is 0 Å². The first kappa shape index (κ1) is 9.37. The van der Waals surface area contributed by atoms with Crippen LogP contribution in [0.2, 0.25) is 10.0 Å². The topological polar surface area (TPSA) is 53.1 Å². The zero-order valence-corrected chi connectivity index (χ0v) is 8.36. The van der Waals surface area contributed by atoms with Crippen LogP contribution in [-0.2, 0) is 0 Å². The zero-order valence-electron chi connectivity index (χ0n) is 6.84. The number of hydrogen-bond donors (Lipinski definition) is 2. The molecular formula is C9H5Cl2NO2. The Morgan fingerprint density at radius 3 is 2.71 bits per heavy atom. The molecule has 0 saturated carbocycles. The van der Waals surface area contributed by atoms with Crippen molar-refractivity contribution in [3.63, 3.8) is 0 Å². The van der Waals surface area contributed by atoms with E-state index in [0.29, 0.717) is 15.9 Å². The number of hydrogen-bond acceptors (Lipinski definition) is 1. The van der Waals surface area contributed by atoms with E-state index in [0.717, 1.165) is 0 Å². The summed E-state index contributed by atoms with van der Waals surface area (Å²) in [5.41, 5.74) is 0.653. The highest BCUT2D eigenvalue weighted by Gasteiger charge is 2.14. The molecule has 0 spiro atoms. The van der Waals surface area contributed by atoms with Crippen molar-refractivity contribution in [2.45, 2.75) is 0 Å². The van der Waals surface area contributed by atoms with Gasteiger partial charge < -0.3 is 10.1 Å². The maximum Gasteiger partial charge on any atom is 0.353 e. The van der Waals surface area contributed by atoms with E-state index >= 15 is 0 Å². The average molecular weight is 230 g/mol. The third-order valence-electron chi connectivity index (χ3n) is 1.91. The lowest BCUT2D eigenvalue weighted by molar-refractivity contribution is 0.0692. The number of fused-ring (bicyclic) bond motifs is 1. The van der Waals surface area contributed by atoms with Gasteiger partial charge in [0.2, 0.25) is 0 Å². The van der Waals surface area contributed by atoms with Gasteiger partial charge in [0.05, 0.1) is 5.02 Å². The number of H-pyrrole nitrogens is 1. The molecule has 0 bridgehead atoms. The monoisotopic (exact) mass is 229 g/mol. The first-order valence-electron chi connectivity index (χ1n) is 3.79. The van der Waals surface area contributed by atoms with E-state index < -0.39 is 5.97 Å². The van der Waals surface area contributed by atoms with Gasteiger partial charge >= 0.3 is 5.97 Å². The van der Waals surface area contributed by atoms with Crippen LogP contribution in [0.15, 0.2) is 18.2 Å². The minimum Gasteiger partial charge on any atom is -0.477 e. The summed E-state index contributed by atoms with van der Waals surface area (Å²) in [6.45, 7) is 0. The Bertz CT molecular complexity index is 519. The van der Waals surface area contributed by atoms with Crippen LogP contribution in [0.3, 0.4) is 0 Å². The molecule has 0 saturated heterocycles. The van der Waals surface area contributed by atoms with Crippen LogP contribution in [-0.4, -0.2) is 16.1 Å². The molecule has 2 aromatic rings. The molecular weight excluding hydrogens is 225 g/mol. The number of halogens is 2. The van der Waals surface area contributed by atoms with Crippen LogP contribution in [0.1, 0.15) is 10.5 Å². The molecule has 0 aliphatic carbocycles. The maximum absolute atomic E-state index is 10.7. The molecule has 0 unspecified atom stereocenters. The molecule has 2 rings (SSSR count). The fraction of sp³-hybridized carbons (Fsp3) is 0. The first-order valence-corrected chi connectivity index (χ1v) is 4.55. The van der Waals surface area contributed by atoms with Crippen molar-refractivity contribution in [2.75, 3.05) is 0 Å². The molecule has 72 valence electrons. The highest BCUT2D eigenvalue weighted by atomic mass is 35.5. The SMILES string of the molecule is O=C(O)c1[nH]c2ccc(Cl)cc2c1Cl. The number of rotatable bonds is 1. The molecule has 0 atom stereocenters. The number of benzene rings is 1. The van der Waals surface area contributed by atoms with Crippen LogP contribution in [0.5, 0.6) is 0 Å². The van der Waals surface area contributed by atoms with Crippen molar-refractivity contribution in [3.8, 4) is 0 Å². The van der Waals surface area contributed by atoms with Crippen LogP contribution < -0.4 is 0 Å². The molecule has 1 aromatic heterocycles. The van der Waals surface area contributed by atoms with Gasteiger partial charge in [-0.2, -0.15) is 0 Å². The van der Waals surface area contributed by atoms with Crippen molar-refractivity contribution in [1.82, 2.24) is 4.98 Å². The van der Waals surface area contributed by atoms with Gasteiger partial charge in [-0.3, -0.25) is 0 Å². The van der Waals surface area contributed by atoms with Gasteiger partial charge in [-0.25, -0.2) is 4.79 Å². The second kappa shape index (κ2) is 3.19. The lowest BCUT2D eigenvalue weighted by Gasteiger charge is -1.90. The number of aromatic carboxylic acids is 1. The largest absolute Gasteiger partial charge is 0.477 e. The molecule has 14 heavy (non-hydrogen) atoms. The Hall–Kier alpha value is -1.19. The number of nitrogens with one attached hydrogen (secondary N) is 1. The van der Waals surface area contributed by atoms with Gasteiger partial charge in [0.1, 0.15) is 5.69 Å². The van der Waals surface area contributed by atoms with E-state index in [4.69, 9.17) is 28.3 Å². The normalized spacial score (nSPS) is 10.7. The fourth-order valence-corrected chi connectivity index (χ4v) is 1.74. The molecule has 2 N–H and O–H groups in total. The van der Waals surface area contributed by atoms with Crippen LogP contribution >= 0.6 is 23.2 Å². The summed E-state index contributed by atoms with van der Waals surface area (Å²) in [5.74, 6) is -1.08. The summed E-state index contributed by atoms with van der Waals surface area (Å²) in [6.07, 6.45) is 0. The van der Waals surface area contributed by atoms with Gasteiger partial charge in [0.25, 0.3) is 0 Å². The van der Waals surface area contributed by atoms with Crippen LogP contribution in [0.4, 0.5) is 0 Å². The van der Waals surface area contributed by atoms with E-state index in [1.807, 2.05) is 0 Å². The number of carboxylic acid groups (broad SMARTS) is 1. The summed E-state index contributed by atoms with van der Waals surface area (Å²) >= 11 is 11.6. The van der Waals surface area contributed by atoms with Gasteiger partial charge in [-0.05, 0) is 18.2 Å². The number of aromatic amines is 1. The van der Waals surface area contributed by atoms with E-state index in [1.165, 1.54) is 0 Å². The van der Waals surface area contributed by atoms with Gasteiger partial charge in [0.15, 0.2) is 0 Å². The van der Waals surface area contributed by atoms with Gasteiger partial charge in [0, 0.05) is 15.9 Å². The second-order valence-corrected chi connectivity index (χ2v) is 3.62. The summed E-state index contributed by atoms with van der Waals surface area (Å²) < 4.78 is 0. The van der Waals surface area contributed by atoms with E-state index in [2.05, 4.69) is 4.98 Å². The third-order valence-corrected chi connectivity index (χ3v) is 2.54. The lowest BCUT2D eigenvalue weighted by atomic mass is 10.2. The second-order valence-electron chi connectivity index (χ2n) is 2.81. The summed E-state index contributed by atoms with van der Waals surface area (Å²) in [7, 11) is 0. The molecule has 1 heterocycles. The Labute approximate surface area is 89.2 Å². The smallest absolute Gasteiger partial charge is 0.353 e. The van der Waals surface area contributed by atoms with Crippen molar-refractivity contribution in [1.29, 1.82) is 0 Å². The lowest BCUT2D eigenvalue weighted by Crippen LogP contribution is -1.96. The number of carboxylic acids is 1. The minimum absolute atomic E-state index is 0.0102. The standard InChI is InChI=1S/C9H5Cl2NO2/c10-4-1-2-6-5(3-4)7(11)8(12-6)9(13)14/h1-3,12H,(H,13,14). The molecule has 0 aliphatic heterocycles. The highest BCUT2D eigenvalue weighted by molar-refractivity contribution is 6.39. The zero-order chi connectivity index (χ0) is 10.3. The highest BCUT2D eigenvalue weighted by Crippen LogP contribution is 2.29. The maximum atomic E-state index is 10.7. The van der Waals surface area contributed by atoms with Crippen molar-refractivity contribution in [2.24, 2.45) is 0 Å². The van der Waals surface area contributed by atoms with Crippen molar-refractivity contribution < 1.29 is 9.90 Å². The predicted octanol–water partition coefficient (Wildman–Crippen LogP) is 3.17. The predicted molar refractivity (Wildman–Crippen MR) is 55.3 cm³/mol. The molecule has 0 aliphatic rings.